The number of piperazine rings is 1. The molecular formula is C17H21ClN6O2. The van der Waals surface area contributed by atoms with Crippen LogP contribution in [0.3, 0.4) is 0 Å². The fourth-order valence-corrected chi connectivity index (χ4v) is 3.88. The van der Waals surface area contributed by atoms with Crippen molar-refractivity contribution >= 4 is 34.7 Å². The average Bonchev–Trinajstić information content (AvgIpc) is 3.02. The minimum absolute atomic E-state index is 0.262. The first-order valence-corrected chi connectivity index (χ1v) is 9.12. The van der Waals surface area contributed by atoms with E-state index in [1.807, 2.05) is 12.3 Å². The molecule has 2 saturated heterocycles. The number of imide groups is 1. The standard InChI is InChI=1S/C17H21ClN6O2/c1-11-9-22(7-4-19-11)10-12-2-6-24-16(15(12)18)13(8-20-24)23-5-3-14(25)21-17(23)26/h2,6,8,11,19H,3-5,7,9-10H2,1H3,(H,21,25,26)/t11-/m0/s1. The van der Waals surface area contributed by atoms with Gasteiger partial charge in [0.25, 0.3) is 0 Å². The van der Waals surface area contributed by atoms with Crippen molar-refractivity contribution in [3.05, 3.63) is 29.0 Å². The monoisotopic (exact) mass is 376 g/mol. The molecule has 4 heterocycles. The number of hydrogen-bond acceptors (Lipinski definition) is 5. The Kier molecular flexibility index (Phi) is 4.56. The highest BCUT2D eigenvalue weighted by Gasteiger charge is 2.28. The molecule has 0 aliphatic carbocycles. The van der Waals surface area contributed by atoms with Crippen molar-refractivity contribution in [1.82, 2.24) is 25.1 Å². The van der Waals surface area contributed by atoms with Crippen molar-refractivity contribution in [3.8, 4) is 0 Å². The predicted octanol–water partition coefficient (Wildman–Crippen LogP) is 1.23. The van der Waals surface area contributed by atoms with Crippen LogP contribution in [0.15, 0.2) is 18.5 Å². The highest BCUT2D eigenvalue weighted by molar-refractivity contribution is 6.35. The second-order valence-electron chi connectivity index (χ2n) is 6.82. The molecule has 0 aromatic carbocycles. The number of urea groups is 1. The lowest BCUT2D eigenvalue weighted by atomic mass is 10.1. The molecule has 3 amide bonds. The molecule has 2 aliphatic rings. The topological polar surface area (TPSA) is 82.0 Å². The van der Waals surface area contributed by atoms with Crippen molar-refractivity contribution in [2.24, 2.45) is 0 Å². The van der Waals surface area contributed by atoms with Crippen LogP contribution in [0.25, 0.3) is 5.52 Å². The van der Waals surface area contributed by atoms with E-state index in [1.165, 1.54) is 4.90 Å². The zero-order chi connectivity index (χ0) is 18.3. The maximum atomic E-state index is 12.2. The highest BCUT2D eigenvalue weighted by atomic mass is 35.5. The number of rotatable bonds is 3. The zero-order valence-corrected chi connectivity index (χ0v) is 15.3. The number of fused-ring (bicyclic) bond motifs is 1. The van der Waals surface area contributed by atoms with E-state index >= 15 is 0 Å². The molecule has 0 spiro atoms. The Bertz CT molecular complexity index is 866. The molecule has 0 radical (unpaired) electrons. The number of carbonyl (C=O) groups excluding carboxylic acids is 2. The quantitative estimate of drug-likeness (QED) is 0.842. The van der Waals surface area contributed by atoms with E-state index in [-0.39, 0.29) is 12.3 Å². The summed E-state index contributed by atoms with van der Waals surface area (Å²) in [5, 5.41) is 10.7. The number of hydrogen-bond donors (Lipinski definition) is 2. The molecule has 2 aromatic heterocycles. The Morgan fingerprint density at radius 2 is 2.19 bits per heavy atom. The van der Waals surface area contributed by atoms with Crippen LogP contribution in [-0.2, 0) is 11.3 Å². The zero-order valence-electron chi connectivity index (χ0n) is 14.5. The predicted molar refractivity (Wildman–Crippen MR) is 98.4 cm³/mol. The lowest BCUT2D eigenvalue weighted by Gasteiger charge is -2.32. The Labute approximate surface area is 156 Å². The van der Waals surface area contributed by atoms with Gasteiger partial charge < -0.3 is 5.32 Å². The molecule has 2 aliphatic heterocycles. The fraction of sp³-hybridized carbons (Fsp3) is 0.471. The van der Waals surface area contributed by atoms with Crippen LogP contribution < -0.4 is 15.5 Å². The molecule has 2 aromatic rings. The average molecular weight is 377 g/mol. The molecule has 4 rings (SSSR count). The van der Waals surface area contributed by atoms with Gasteiger partial charge >= 0.3 is 6.03 Å². The Balaban J connectivity index is 1.66. The molecular weight excluding hydrogens is 356 g/mol. The second-order valence-corrected chi connectivity index (χ2v) is 7.20. The molecule has 138 valence electrons. The largest absolute Gasteiger partial charge is 0.328 e. The molecule has 8 nitrogen and oxygen atoms in total. The molecule has 9 heteroatoms. The maximum Gasteiger partial charge on any atom is 0.328 e. The summed E-state index contributed by atoms with van der Waals surface area (Å²) in [5.41, 5.74) is 2.32. The summed E-state index contributed by atoms with van der Waals surface area (Å²) in [6, 6.07) is 1.98. The molecule has 0 bridgehead atoms. The summed E-state index contributed by atoms with van der Waals surface area (Å²) in [7, 11) is 0. The van der Waals surface area contributed by atoms with Gasteiger partial charge in [0.1, 0.15) is 5.52 Å². The lowest BCUT2D eigenvalue weighted by Crippen LogP contribution is -2.49. The van der Waals surface area contributed by atoms with Crippen molar-refractivity contribution in [2.45, 2.75) is 25.9 Å². The van der Waals surface area contributed by atoms with Crippen LogP contribution in [0.1, 0.15) is 18.9 Å². The van der Waals surface area contributed by atoms with E-state index < -0.39 is 6.03 Å². The Morgan fingerprint density at radius 3 is 2.96 bits per heavy atom. The molecule has 2 N–H and O–H groups in total. The van der Waals surface area contributed by atoms with Crippen LogP contribution in [0.4, 0.5) is 10.5 Å². The lowest BCUT2D eigenvalue weighted by molar-refractivity contribution is -0.120. The van der Waals surface area contributed by atoms with E-state index in [2.05, 4.69) is 27.6 Å². The Morgan fingerprint density at radius 1 is 1.35 bits per heavy atom. The summed E-state index contributed by atoms with van der Waals surface area (Å²) >= 11 is 6.71. The van der Waals surface area contributed by atoms with E-state index in [0.717, 1.165) is 31.7 Å². The number of anilines is 1. The van der Waals surface area contributed by atoms with Gasteiger partial charge in [0.05, 0.1) is 16.9 Å². The SMILES string of the molecule is C[C@H]1CN(Cc2ccn3ncc(N4CCC(=O)NC4=O)c3c2Cl)CCN1. The molecule has 2 fully saturated rings. The van der Waals surface area contributed by atoms with Crippen LogP contribution in [-0.4, -0.2) is 58.7 Å². The smallest absolute Gasteiger partial charge is 0.312 e. The van der Waals surface area contributed by atoms with Gasteiger partial charge in [-0.2, -0.15) is 5.10 Å². The fourth-order valence-electron chi connectivity index (χ4n) is 3.58. The maximum absolute atomic E-state index is 12.2. The third kappa shape index (κ3) is 3.15. The first kappa shape index (κ1) is 17.3. The van der Waals surface area contributed by atoms with Crippen molar-refractivity contribution in [1.29, 1.82) is 0 Å². The minimum atomic E-state index is -0.437. The van der Waals surface area contributed by atoms with Crippen LogP contribution in [0.5, 0.6) is 0 Å². The second kappa shape index (κ2) is 6.86. The van der Waals surface area contributed by atoms with Gasteiger partial charge in [0.2, 0.25) is 5.91 Å². The van der Waals surface area contributed by atoms with Gasteiger partial charge in [-0.3, -0.25) is 19.9 Å². The van der Waals surface area contributed by atoms with Crippen molar-refractivity contribution in [2.75, 3.05) is 31.1 Å². The van der Waals surface area contributed by atoms with Crippen LogP contribution in [0.2, 0.25) is 5.02 Å². The molecule has 0 saturated carbocycles. The van der Waals surface area contributed by atoms with Gasteiger partial charge in [0.15, 0.2) is 0 Å². The van der Waals surface area contributed by atoms with E-state index in [0.29, 0.717) is 28.8 Å². The third-order valence-corrected chi connectivity index (χ3v) is 5.30. The number of nitrogens with one attached hydrogen (secondary N) is 2. The summed E-state index contributed by atoms with van der Waals surface area (Å²) < 4.78 is 1.67. The number of pyridine rings is 1. The van der Waals surface area contributed by atoms with Crippen LogP contribution >= 0.6 is 11.6 Å². The van der Waals surface area contributed by atoms with Gasteiger partial charge in [-0.25, -0.2) is 9.31 Å². The van der Waals surface area contributed by atoms with Gasteiger partial charge in [-0.05, 0) is 18.6 Å². The number of amides is 3. The molecule has 0 unspecified atom stereocenters. The number of carbonyl (C=O) groups is 2. The van der Waals surface area contributed by atoms with E-state index in [4.69, 9.17) is 11.6 Å². The summed E-state index contributed by atoms with van der Waals surface area (Å²) in [6.07, 6.45) is 3.74. The third-order valence-electron chi connectivity index (χ3n) is 4.87. The number of aromatic nitrogens is 2. The number of nitrogens with zero attached hydrogens (tertiary/aromatic N) is 4. The molecule has 1 atom stereocenters. The number of halogens is 1. The first-order chi connectivity index (χ1) is 12.5. The summed E-state index contributed by atoms with van der Waals surface area (Å²) in [4.78, 5) is 27.5. The minimum Gasteiger partial charge on any atom is -0.312 e. The summed E-state index contributed by atoms with van der Waals surface area (Å²) in [6.45, 7) is 6.13. The normalized spacial score (nSPS) is 22.1. The first-order valence-electron chi connectivity index (χ1n) is 8.74. The van der Waals surface area contributed by atoms with Gasteiger partial charge in [0, 0.05) is 51.4 Å². The Hall–Kier alpha value is -2.16. The molecule has 26 heavy (non-hydrogen) atoms. The van der Waals surface area contributed by atoms with E-state index in [9.17, 15) is 9.59 Å². The van der Waals surface area contributed by atoms with Crippen molar-refractivity contribution < 1.29 is 9.59 Å². The van der Waals surface area contributed by atoms with Gasteiger partial charge in [-0.15, -0.1) is 0 Å². The van der Waals surface area contributed by atoms with Crippen molar-refractivity contribution in [3.63, 3.8) is 0 Å². The summed E-state index contributed by atoms with van der Waals surface area (Å²) in [5.74, 6) is -0.262. The van der Waals surface area contributed by atoms with Gasteiger partial charge in [-0.1, -0.05) is 11.6 Å². The van der Waals surface area contributed by atoms with Crippen LogP contribution in [0, 0.1) is 0 Å². The van der Waals surface area contributed by atoms with E-state index in [1.54, 1.807) is 10.7 Å². The highest BCUT2D eigenvalue weighted by Crippen LogP contribution is 2.32.